The summed E-state index contributed by atoms with van der Waals surface area (Å²) in [7, 11) is 1.78. The Kier molecular flexibility index (Phi) is 1.81. The van der Waals surface area contributed by atoms with Gasteiger partial charge in [0.05, 0.1) is 11.4 Å². The van der Waals surface area contributed by atoms with Gasteiger partial charge in [0.1, 0.15) is 0 Å². The zero-order valence-electron chi connectivity index (χ0n) is 7.59. The van der Waals surface area contributed by atoms with Crippen molar-refractivity contribution < 1.29 is 4.42 Å². The number of H-pyrrole nitrogens is 1. The van der Waals surface area contributed by atoms with Crippen LogP contribution in [0.4, 0.5) is 6.01 Å². The number of anilines is 1. The molecule has 0 radical (unpaired) electrons. The Hall–Kier alpha value is -1.71. The van der Waals surface area contributed by atoms with Crippen molar-refractivity contribution in [3.63, 3.8) is 0 Å². The lowest BCUT2D eigenvalue weighted by molar-refractivity contribution is 0.587. The monoisotopic (exact) mass is 177 g/mol. The molecule has 2 aromatic heterocycles. The summed E-state index contributed by atoms with van der Waals surface area (Å²) in [5.41, 5.74) is 1.83. The molecule has 0 aromatic carbocycles. The highest BCUT2D eigenvalue weighted by molar-refractivity contribution is 5.56. The summed E-state index contributed by atoms with van der Waals surface area (Å²) >= 11 is 0. The second kappa shape index (κ2) is 2.97. The van der Waals surface area contributed by atoms with Crippen molar-refractivity contribution in [2.24, 2.45) is 0 Å². The third kappa shape index (κ3) is 1.30. The lowest BCUT2D eigenvalue weighted by atomic mass is 10.3. The topological polar surface area (TPSA) is 53.9 Å². The Morgan fingerprint density at radius 1 is 1.54 bits per heavy atom. The number of aromatic amines is 1. The van der Waals surface area contributed by atoms with E-state index in [1.807, 2.05) is 25.3 Å². The smallest absolute Gasteiger partial charge is 0.295 e. The first kappa shape index (κ1) is 7.91. The Bertz CT molecular complexity index is 389. The van der Waals surface area contributed by atoms with Crippen LogP contribution in [0.5, 0.6) is 0 Å². The van der Waals surface area contributed by atoms with E-state index in [1.165, 1.54) is 0 Å². The predicted molar refractivity (Wildman–Crippen MR) is 50.6 cm³/mol. The first-order valence-electron chi connectivity index (χ1n) is 4.10. The molecule has 2 heterocycles. The molecule has 13 heavy (non-hydrogen) atoms. The molecule has 0 aliphatic rings. The second-order valence-corrected chi connectivity index (χ2v) is 2.77. The molecule has 0 saturated heterocycles. The summed E-state index contributed by atoms with van der Waals surface area (Å²) in [5, 5.41) is 2.86. The number of hydrogen-bond donors (Lipinski definition) is 2. The van der Waals surface area contributed by atoms with E-state index in [-0.39, 0.29) is 0 Å². The molecule has 0 saturated carbocycles. The van der Waals surface area contributed by atoms with Gasteiger partial charge in [0, 0.05) is 13.2 Å². The molecule has 4 nitrogen and oxygen atoms in total. The zero-order valence-corrected chi connectivity index (χ0v) is 7.59. The van der Waals surface area contributed by atoms with Crippen LogP contribution in [0.15, 0.2) is 22.7 Å². The number of aryl methyl sites for hydroxylation is 1. The summed E-state index contributed by atoms with van der Waals surface area (Å²) in [6.45, 7) is 1.92. The van der Waals surface area contributed by atoms with Crippen LogP contribution in [0.25, 0.3) is 11.5 Å². The van der Waals surface area contributed by atoms with Crippen LogP contribution in [-0.2, 0) is 0 Å². The van der Waals surface area contributed by atoms with E-state index in [9.17, 15) is 0 Å². The Morgan fingerprint density at radius 2 is 2.38 bits per heavy atom. The van der Waals surface area contributed by atoms with Gasteiger partial charge in [-0.3, -0.25) is 0 Å². The van der Waals surface area contributed by atoms with Gasteiger partial charge in [-0.1, -0.05) is 0 Å². The Morgan fingerprint density at radius 3 is 2.92 bits per heavy atom. The van der Waals surface area contributed by atoms with Gasteiger partial charge < -0.3 is 14.7 Å². The largest absolute Gasteiger partial charge is 0.422 e. The van der Waals surface area contributed by atoms with Crippen molar-refractivity contribution in [2.45, 2.75) is 6.92 Å². The maximum Gasteiger partial charge on any atom is 0.295 e. The molecule has 0 atom stereocenters. The van der Waals surface area contributed by atoms with Crippen LogP contribution in [-0.4, -0.2) is 17.0 Å². The third-order valence-corrected chi connectivity index (χ3v) is 1.85. The number of hydrogen-bond acceptors (Lipinski definition) is 3. The van der Waals surface area contributed by atoms with Gasteiger partial charge in [-0.2, -0.15) is 4.98 Å². The van der Waals surface area contributed by atoms with Gasteiger partial charge >= 0.3 is 0 Å². The predicted octanol–water partition coefficient (Wildman–Crippen LogP) is 2.02. The average Bonchev–Trinajstić information content (AvgIpc) is 2.72. The maximum atomic E-state index is 5.45. The normalized spacial score (nSPS) is 10.3. The fourth-order valence-electron chi connectivity index (χ4n) is 1.22. The van der Waals surface area contributed by atoms with E-state index < -0.39 is 0 Å². The van der Waals surface area contributed by atoms with E-state index in [1.54, 1.807) is 7.05 Å². The third-order valence-electron chi connectivity index (χ3n) is 1.85. The van der Waals surface area contributed by atoms with Gasteiger partial charge in [0.15, 0.2) is 5.76 Å². The molecule has 2 N–H and O–H groups in total. The number of nitrogens with one attached hydrogen (secondary N) is 2. The molecule has 0 amide bonds. The Labute approximate surface area is 76.0 Å². The maximum absolute atomic E-state index is 5.45. The number of nitrogens with zero attached hydrogens (tertiary/aromatic N) is 1. The van der Waals surface area contributed by atoms with Crippen molar-refractivity contribution >= 4 is 6.01 Å². The molecule has 2 aromatic rings. The summed E-state index contributed by atoms with van der Waals surface area (Å²) in [5.74, 6) is 0.786. The van der Waals surface area contributed by atoms with Gasteiger partial charge in [0.2, 0.25) is 0 Å². The molecule has 0 aliphatic heterocycles. The van der Waals surface area contributed by atoms with Crippen LogP contribution in [0.2, 0.25) is 0 Å². The highest BCUT2D eigenvalue weighted by Crippen LogP contribution is 2.24. The van der Waals surface area contributed by atoms with Crippen molar-refractivity contribution in [3.8, 4) is 11.5 Å². The highest BCUT2D eigenvalue weighted by Gasteiger charge is 2.10. The van der Waals surface area contributed by atoms with Crippen LogP contribution >= 0.6 is 0 Å². The van der Waals surface area contributed by atoms with Gasteiger partial charge in [-0.05, 0) is 19.1 Å². The average molecular weight is 177 g/mol. The van der Waals surface area contributed by atoms with Crippen molar-refractivity contribution in [2.75, 3.05) is 12.4 Å². The van der Waals surface area contributed by atoms with Crippen LogP contribution in [0.3, 0.4) is 0 Å². The molecule has 68 valence electrons. The summed E-state index contributed by atoms with van der Waals surface area (Å²) < 4.78 is 5.45. The Balaban J connectivity index is 2.46. The molecule has 0 bridgehead atoms. The first-order chi connectivity index (χ1) is 6.31. The minimum Gasteiger partial charge on any atom is -0.422 e. The summed E-state index contributed by atoms with van der Waals surface area (Å²) in [4.78, 5) is 7.26. The first-order valence-corrected chi connectivity index (χ1v) is 4.10. The molecular weight excluding hydrogens is 166 g/mol. The van der Waals surface area contributed by atoms with Crippen LogP contribution in [0, 0.1) is 6.92 Å². The molecule has 0 spiro atoms. The van der Waals surface area contributed by atoms with Crippen LogP contribution < -0.4 is 5.32 Å². The molecule has 0 unspecified atom stereocenters. The number of aromatic nitrogens is 2. The molecule has 4 heteroatoms. The fraction of sp³-hybridized carbons (Fsp3) is 0.222. The second-order valence-electron chi connectivity index (χ2n) is 2.77. The zero-order chi connectivity index (χ0) is 9.26. The van der Waals surface area contributed by atoms with E-state index in [4.69, 9.17) is 4.42 Å². The lowest BCUT2D eigenvalue weighted by Crippen LogP contribution is -1.85. The molecule has 0 fully saturated rings. The van der Waals surface area contributed by atoms with E-state index >= 15 is 0 Å². The van der Waals surface area contributed by atoms with Crippen molar-refractivity contribution in [3.05, 3.63) is 24.0 Å². The molecular formula is C9H11N3O. The van der Waals surface area contributed by atoms with E-state index in [0.717, 1.165) is 17.1 Å². The summed E-state index contributed by atoms with van der Waals surface area (Å²) in [6.07, 6.45) is 1.86. The van der Waals surface area contributed by atoms with Gasteiger partial charge in [-0.15, -0.1) is 0 Å². The van der Waals surface area contributed by atoms with E-state index in [0.29, 0.717) is 6.01 Å². The molecule has 0 aliphatic carbocycles. The quantitative estimate of drug-likeness (QED) is 0.737. The van der Waals surface area contributed by atoms with Crippen molar-refractivity contribution in [1.82, 2.24) is 9.97 Å². The van der Waals surface area contributed by atoms with Gasteiger partial charge in [0.25, 0.3) is 6.01 Å². The van der Waals surface area contributed by atoms with Gasteiger partial charge in [-0.25, -0.2) is 0 Å². The minimum absolute atomic E-state index is 0.544. The SMILES string of the molecule is CNc1nc(C)c(-c2ccc[nH]2)o1. The van der Waals surface area contributed by atoms with Crippen LogP contribution in [0.1, 0.15) is 5.69 Å². The molecule has 2 rings (SSSR count). The minimum atomic E-state index is 0.544. The fourth-order valence-corrected chi connectivity index (χ4v) is 1.22. The standard InChI is InChI=1S/C9H11N3O/c1-6-8(7-4-3-5-11-7)13-9(10-2)12-6/h3-5,11H,1-2H3,(H,10,12). The summed E-state index contributed by atoms with van der Waals surface area (Å²) in [6, 6.07) is 4.42. The number of oxazole rings is 1. The van der Waals surface area contributed by atoms with E-state index in [2.05, 4.69) is 15.3 Å². The lowest BCUT2D eigenvalue weighted by Gasteiger charge is -1.91. The van der Waals surface area contributed by atoms with Crippen molar-refractivity contribution in [1.29, 1.82) is 0 Å². The number of rotatable bonds is 2. The highest BCUT2D eigenvalue weighted by atomic mass is 16.4.